The molecule has 0 spiro atoms. The van der Waals surface area contributed by atoms with Crippen molar-refractivity contribution in [2.24, 2.45) is 0 Å². The molecule has 1 unspecified atom stereocenters. The number of rotatable bonds is 10. The molecule has 0 N–H and O–H groups in total. The van der Waals surface area contributed by atoms with Gasteiger partial charge in [-0.15, -0.1) is 0 Å². The molecule has 0 bridgehead atoms. The van der Waals surface area contributed by atoms with Gasteiger partial charge in [-0.1, -0.05) is 122 Å². The number of hydrogen-bond acceptors (Lipinski definition) is 2. The zero-order chi connectivity index (χ0) is 31.9. The number of benzene rings is 4. The van der Waals surface area contributed by atoms with Crippen molar-refractivity contribution in [1.29, 1.82) is 0 Å². The van der Waals surface area contributed by atoms with Crippen LogP contribution < -0.4 is 15.3 Å². The molecule has 0 amide bonds. The molecule has 4 aromatic rings. The third-order valence-electron chi connectivity index (χ3n) is 8.81. The van der Waals surface area contributed by atoms with E-state index < -0.39 is 0 Å². The summed E-state index contributed by atoms with van der Waals surface area (Å²) in [6.45, 7) is 13.2. The van der Waals surface area contributed by atoms with Crippen LogP contribution in [-0.2, 0) is 0 Å². The minimum Gasteiger partial charge on any atom is -0.335 e. The molecular formula is C44H42N2. The van der Waals surface area contributed by atoms with Crippen LogP contribution in [0.4, 0.5) is 11.4 Å². The summed E-state index contributed by atoms with van der Waals surface area (Å²) in [4.78, 5) is 4.72. The number of allylic oxidation sites excluding steroid dienone is 10. The molecule has 2 aliphatic carbocycles. The fraction of sp³-hybridized carbons (Fsp3) is 0.136. The van der Waals surface area contributed by atoms with E-state index in [1.165, 1.54) is 38.2 Å². The standard InChI is InChI=1S/C44H42N2/c1-5-14-40(6-2)45(43-29-25-36-15-10-12-17-38(36)31-43)34(4)22-21-33(3)35-23-27-42(28-24-35)46(41-19-8-7-9-20-41)44-30-26-37-16-11-13-18-39(37)32-44/h5-23,25-27,30-32,43H,3-4,24,28-29H2,1-2H3/b14-5-,22-21-,40-6+. The normalized spacial score (nSPS) is 16.3. The van der Waals surface area contributed by atoms with Crippen molar-refractivity contribution < 1.29 is 0 Å². The molecule has 0 fully saturated rings. The third-order valence-corrected chi connectivity index (χ3v) is 8.81. The van der Waals surface area contributed by atoms with Crippen molar-refractivity contribution in [1.82, 2.24) is 4.90 Å². The second-order valence-corrected chi connectivity index (χ2v) is 11.8. The van der Waals surface area contributed by atoms with E-state index in [1.54, 1.807) is 0 Å². The second-order valence-electron chi connectivity index (χ2n) is 11.8. The van der Waals surface area contributed by atoms with Gasteiger partial charge in [0.1, 0.15) is 0 Å². The molecule has 1 atom stereocenters. The average molecular weight is 599 g/mol. The molecule has 0 aliphatic heterocycles. The Morgan fingerprint density at radius 3 is 2.20 bits per heavy atom. The van der Waals surface area contributed by atoms with Crippen LogP contribution in [0.5, 0.6) is 0 Å². The zero-order valence-corrected chi connectivity index (χ0v) is 26.9. The van der Waals surface area contributed by atoms with E-state index in [1.807, 2.05) is 0 Å². The van der Waals surface area contributed by atoms with Gasteiger partial charge in [-0.05, 0) is 108 Å². The Bertz CT molecular complexity index is 2030. The van der Waals surface area contributed by atoms with Gasteiger partial charge in [0.2, 0.25) is 0 Å². The Morgan fingerprint density at radius 2 is 1.46 bits per heavy atom. The van der Waals surface area contributed by atoms with Crippen LogP contribution in [-0.4, -0.2) is 10.9 Å². The molecule has 0 radical (unpaired) electrons. The van der Waals surface area contributed by atoms with Crippen LogP contribution in [0, 0.1) is 0 Å². The maximum absolute atomic E-state index is 4.53. The number of hydrogen-bond donors (Lipinski definition) is 0. The van der Waals surface area contributed by atoms with E-state index in [2.05, 4.69) is 189 Å². The van der Waals surface area contributed by atoms with Crippen LogP contribution in [0.15, 0.2) is 181 Å². The first kappa shape index (κ1) is 30.7. The summed E-state index contributed by atoms with van der Waals surface area (Å²) in [5, 5.41) is 5.05. The van der Waals surface area contributed by atoms with Crippen molar-refractivity contribution in [3.63, 3.8) is 0 Å². The highest BCUT2D eigenvalue weighted by Crippen LogP contribution is 2.36. The fourth-order valence-corrected chi connectivity index (χ4v) is 6.45. The van der Waals surface area contributed by atoms with Gasteiger partial charge < -0.3 is 9.80 Å². The first-order chi connectivity index (χ1) is 22.6. The van der Waals surface area contributed by atoms with Crippen molar-refractivity contribution in [3.8, 4) is 0 Å². The summed E-state index contributed by atoms with van der Waals surface area (Å²) in [6, 6.07) is 34.7. The minimum absolute atomic E-state index is 0.182. The van der Waals surface area contributed by atoms with Gasteiger partial charge in [0, 0.05) is 28.5 Å². The highest BCUT2D eigenvalue weighted by molar-refractivity contribution is 5.87. The van der Waals surface area contributed by atoms with E-state index in [-0.39, 0.29) is 6.04 Å². The molecule has 2 heteroatoms. The zero-order valence-electron chi connectivity index (χ0n) is 26.9. The lowest BCUT2D eigenvalue weighted by molar-refractivity contribution is 0.404. The highest BCUT2D eigenvalue weighted by Gasteiger charge is 2.21. The monoisotopic (exact) mass is 598 g/mol. The summed E-state index contributed by atoms with van der Waals surface area (Å²) >= 11 is 0. The number of fused-ring (bicyclic) bond motifs is 2. The molecular weight excluding hydrogens is 556 g/mol. The molecule has 2 aliphatic rings. The van der Waals surface area contributed by atoms with E-state index in [4.69, 9.17) is 0 Å². The molecule has 228 valence electrons. The first-order valence-corrected chi connectivity index (χ1v) is 16.2. The lowest BCUT2D eigenvalue weighted by Crippen LogP contribution is -2.38. The molecule has 0 heterocycles. The molecule has 0 saturated carbocycles. The Morgan fingerprint density at radius 1 is 0.717 bits per heavy atom. The van der Waals surface area contributed by atoms with Crippen LogP contribution in [0.2, 0.25) is 0 Å². The van der Waals surface area contributed by atoms with Crippen molar-refractivity contribution in [2.75, 3.05) is 4.90 Å². The quantitative estimate of drug-likeness (QED) is 0.168. The smallest absolute Gasteiger partial charge is 0.0565 e. The molecule has 0 saturated heterocycles. The molecule has 0 aromatic heterocycles. The van der Waals surface area contributed by atoms with Gasteiger partial charge >= 0.3 is 0 Å². The van der Waals surface area contributed by atoms with Gasteiger partial charge in [0.25, 0.3) is 0 Å². The van der Waals surface area contributed by atoms with E-state index in [0.717, 1.165) is 41.9 Å². The van der Waals surface area contributed by atoms with Gasteiger partial charge in [-0.25, -0.2) is 0 Å². The Labute approximate surface area is 274 Å². The molecule has 46 heavy (non-hydrogen) atoms. The third kappa shape index (κ3) is 6.67. The lowest BCUT2D eigenvalue weighted by atomic mass is 9.95. The predicted octanol–water partition coefficient (Wildman–Crippen LogP) is 10.0. The van der Waals surface area contributed by atoms with Crippen LogP contribution in [0.1, 0.15) is 33.1 Å². The Hall–Kier alpha value is -5.34. The van der Waals surface area contributed by atoms with Crippen LogP contribution in [0.3, 0.4) is 0 Å². The summed E-state index contributed by atoms with van der Waals surface area (Å²) in [7, 11) is 0. The summed E-state index contributed by atoms with van der Waals surface area (Å²) in [5.41, 5.74) is 7.95. The lowest BCUT2D eigenvalue weighted by Gasteiger charge is -2.34. The predicted molar refractivity (Wildman–Crippen MR) is 199 cm³/mol. The van der Waals surface area contributed by atoms with E-state index in [0.29, 0.717) is 0 Å². The van der Waals surface area contributed by atoms with Crippen LogP contribution >= 0.6 is 0 Å². The van der Waals surface area contributed by atoms with Crippen molar-refractivity contribution in [2.45, 2.75) is 39.2 Å². The summed E-state index contributed by atoms with van der Waals surface area (Å²) < 4.78 is 0. The van der Waals surface area contributed by atoms with Crippen molar-refractivity contribution in [3.05, 3.63) is 191 Å². The van der Waals surface area contributed by atoms with E-state index >= 15 is 0 Å². The van der Waals surface area contributed by atoms with Crippen LogP contribution in [0.25, 0.3) is 22.9 Å². The fourth-order valence-electron chi connectivity index (χ4n) is 6.45. The number of para-hydroxylation sites is 1. The largest absolute Gasteiger partial charge is 0.335 e. The average Bonchev–Trinajstić information content (AvgIpc) is 3.11. The molecule has 2 nitrogen and oxygen atoms in total. The maximum Gasteiger partial charge on any atom is 0.0565 e. The molecule has 4 aromatic carbocycles. The highest BCUT2D eigenvalue weighted by atomic mass is 15.2. The van der Waals surface area contributed by atoms with Gasteiger partial charge in [0.05, 0.1) is 6.04 Å². The SMILES string of the molecule is C=C(/C=C\C(=C)N(C(/C=C\C)=C/C)C1C=c2ccccc2=CC1)C1=CC=C(N(c2ccccc2)c2ccc3ccccc3c2)CC1. The maximum atomic E-state index is 4.53. The van der Waals surface area contributed by atoms with Gasteiger partial charge in [0.15, 0.2) is 0 Å². The number of nitrogens with zero attached hydrogens (tertiary/aromatic N) is 2. The Kier molecular flexibility index (Phi) is 9.45. The van der Waals surface area contributed by atoms with E-state index in [9.17, 15) is 0 Å². The first-order valence-electron chi connectivity index (χ1n) is 16.2. The van der Waals surface area contributed by atoms with Gasteiger partial charge in [-0.2, -0.15) is 0 Å². The summed E-state index contributed by atoms with van der Waals surface area (Å²) in [5.74, 6) is 0. The topological polar surface area (TPSA) is 6.48 Å². The number of anilines is 2. The minimum atomic E-state index is 0.182. The van der Waals surface area contributed by atoms with Crippen molar-refractivity contribution >= 4 is 34.3 Å². The Balaban J connectivity index is 1.25. The van der Waals surface area contributed by atoms with Gasteiger partial charge in [-0.3, -0.25) is 0 Å². The molecule has 6 rings (SSSR count). The second kappa shape index (κ2) is 14.2. The summed E-state index contributed by atoms with van der Waals surface area (Å²) in [6.07, 6.45) is 22.6.